The number of carbonyl (C=O) groups excluding carboxylic acids is 1. The lowest BCUT2D eigenvalue weighted by Crippen LogP contribution is -2.35. The van der Waals surface area contributed by atoms with Crippen LogP contribution in [0.4, 0.5) is 0 Å². The molecule has 0 aliphatic heterocycles. The number of nitrogens with one attached hydrogen (secondary N) is 1. The van der Waals surface area contributed by atoms with Crippen LogP contribution in [0.2, 0.25) is 0 Å². The summed E-state index contributed by atoms with van der Waals surface area (Å²) in [6.45, 7) is 5.19. The molecule has 0 saturated carbocycles. The summed E-state index contributed by atoms with van der Waals surface area (Å²) in [5.74, 6) is -0.163. The Morgan fingerprint density at radius 2 is 1.89 bits per heavy atom. The molecule has 106 valence electrons. The molecule has 1 aromatic carbocycles. The van der Waals surface area contributed by atoms with Gasteiger partial charge in [-0.25, -0.2) is 0 Å². The van der Waals surface area contributed by atoms with Gasteiger partial charge in [-0.15, -0.1) is 0 Å². The van der Waals surface area contributed by atoms with Crippen LogP contribution < -0.4 is 5.32 Å². The zero-order valence-electron chi connectivity index (χ0n) is 10.9. The molecule has 1 aromatic rings. The number of ether oxygens (including phenoxy) is 2. The number of rotatable bonds is 7. The SMILES string of the molecule is CCOC(CNC(=O)c1ccc(Br)cc1Br)OCC. The van der Waals surface area contributed by atoms with Crippen LogP contribution in [0.15, 0.2) is 27.1 Å². The van der Waals surface area contributed by atoms with Crippen LogP contribution in [0.1, 0.15) is 24.2 Å². The van der Waals surface area contributed by atoms with E-state index in [-0.39, 0.29) is 5.91 Å². The van der Waals surface area contributed by atoms with Gasteiger partial charge in [0.25, 0.3) is 5.91 Å². The molecule has 0 bridgehead atoms. The minimum absolute atomic E-state index is 0.163. The number of carbonyl (C=O) groups is 1. The van der Waals surface area contributed by atoms with E-state index in [4.69, 9.17) is 9.47 Å². The highest BCUT2D eigenvalue weighted by Gasteiger charge is 2.13. The van der Waals surface area contributed by atoms with Gasteiger partial charge >= 0.3 is 0 Å². The summed E-state index contributed by atoms with van der Waals surface area (Å²) in [4.78, 5) is 12.0. The van der Waals surface area contributed by atoms with Gasteiger partial charge in [0.1, 0.15) is 0 Å². The fraction of sp³-hybridized carbons (Fsp3) is 0.462. The molecule has 0 fully saturated rings. The van der Waals surface area contributed by atoms with Crippen LogP contribution in [-0.2, 0) is 9.47 Å². The summed E-state index contributed by atoms with van der Waals surface area (Å²) in [7, 11) is 0. The Balaban J connectivity index is 2.58. The van der Waals surface area contributed by atoms with Gasteiger partial charge < -0.3 is 14.8 Å². The Hall–Kier alpha value is -0.430. The second kappa shape index (κ2) is 8.68. The van der Waals surface area contributed by atoms with E-state index in [2.05, 4.69) is 37.2 Å². The first-order valence-electron chi connectivity index (χ1n) is 6.04. The van der Waals surface area contributed by atoms with Crippen LogP contribution in [0.5, 0.6) is 0 Å². The summed E-state index contributed by atoms with van der Waals surface area (Å²) in [5, 5.41) is 2.79. The predicted molar refractivity (Wildman–Crippen MR) is 81.2 cm³/mol. The third kappa shape index (κ3) is 5.60. The lowest BCUT2D eigenvalue weighted by Gasteiger charge is -2.17. The normalized spacial score (nSPS) is 10.8. The minimum atomic E-state index is -0.409. The maximum Gasteiger partial charge on any atom is 0.252 e. The molecule has 0 aliphatic rings. The highest BCUT2D eigenvalue weighted by Crippen LogP contribution is 2.21. The van der Waals surface area contributed by atoms with Gasteiger partial charge in [-0.2, -0.15) is 0 Å². The first kappa shape index (κ1) is 16.6. The van der Waals surface area contributed by atoms with E-state index in [1.165, 1.54) is 0 Å². The zero-order valence-corrected chi connectivity index (χ0v) is 14.1. The first-order valence-corrected chi connectivity index (χ1v) is 7.63. The summed E-state index contributed by atoms with van der Waals surface area (Å²) >= 11 is 6.71. The zero-order chi connectivity index (χ0) is 14.3. The minimum Gasteiger partial charge on any atom is -0.351 e. The van der Waals surface area contributed by atoms with Gasteiger partial charge in [-0.3, -0.25) is 4.79 Å². The fourth-order valence-electron chi connectivity index (χ4n) is 1.48. The molecule has 0 spiro atoms. The Labute approximate surface area is 130 Å². The van der Waals surface area contributed by atoms with Crippen molar-refractivity contribution in [2.24, 2.45) is 0 Å². The van der Waals surface area contributed by atoms with Crippen molar-refractivity contribution in [3.8, 4) is 0 Å². The largest absolute Gasteiger partial charge is 0.351 e. The Kier molecular flexibility index (Phi) is 7.60. The van der Waals surface area contributed by atoms with E-state index >= 15 is 0 Å². The molecule has 0 atom stereocenters. The van der Waals surface area contributed by atoms with Crippen LogP contribution >= 0.6 is 31.9 Å². The van der Waals surface area contributed by atoms with Crippen molar-refractivity contribution in [3.63, 3.8) is 0 Å². The summed E-state index contributed by atoms with van der Waals surface area (Å²) in [6.07, 6.45) is -0.409. The average molecular weight is 395 g/mol. The molecule has 0 aliphatic carbocycles. The van der Waals surface area contributed by atoms with Gasteiger partial charge in [0.2, 0.25) is 0 Å². The van der Waals surface area contributed by atoms with E-state index < -0.39 is 6.29 Å². The third-order valence-corrected chi connectivity index (χ3v) is 3.46. The quantitative estimate of drug-likeness (QED) is 0.721. The monoisotopic (exact) mass is 393 g/mol. The van der Waals surface area contributed by atoms with Gasteiger partial charge in [-0.05, 0) is 48.0 Å². The first-order chi connectivity index (χ1) is 9.08. The second-order valence-corrected chi connectivity index (χ2v) is 5.44. The molecule has 4 nitrogen and oxygen atoms in total. The topological polar surface area (TPSA) is 47.6 Å². The highest BCUT2D eigenvalue weighted by molar-refractivity contribution is 9.11. The number of hydrogen-bond donors (Lipinski definition) is 1. The van der Waals surface area contributed by atoms with E-state index in [1.807, 2.05) is 26.0 Å². The second-order valence-electron chi connectivity index (χ2n) is 3.67. The molecular weight excluding hydrogens is 378 g/mol. The van der Waals surface area contributed by atoms with Crippen LogP contribution in [0.25, 0.3) is 0 Å². The number of hydrogen-bond acceptors (Lipinski definition) is 3. The van der Waals surface area contributed by atoms with Crippen LogP contribution in [-0.4, -0.2) is 32.0 Å². The van der Waals surface area contributed by atoms with E-state index in [0.717, 1.165) is 8.95 Å². The number of amides is 1. The molecule has 0 radical (unpaired) electrons. The molecule has 1 rings (SSSR count). The number of benzene rings is 1. The van der Waals surface area contributed by atoms with E-state index in [0.29, 0.717) is 25.3 Å². The predicted octanol–water partition coefficient (Wildman–Crippen LogP) is 3.34. The maximum atomic E-state index is 12.0. The number of halogens is 2. The summed E-state index contributed by atoms with van der Waals surface area (Å²) in [6, 6.07) is 5.40. The van der Waals surface area contributed by atoms with Crippen molar-refractivity contribution in [2.75, 3.05) is 19.8 Å². The molecule has 0 heterocycles. The summed E-state index contributed by atoms with van der Waals surface area (Å²) < 4.78 is 12.4. The van der Waals surface area contributed by atoms with Crippen molar-refractivity contribution in [2.45, 2.75) is 20.1 Å². The fourth-order valence-corrected chi connectivity index (χ4v) is 2.71. The van der Waals surface area contributed by atoms with Crippen molar-refractivity contribution < 1.29 is 14.3 Å². The van der Waals surface area contributed by atoms with Crippen LogP contribution in [0.3, 0.4) is 0 Å². The highest BCUT2D eigenvalue weighted by atomic mass is 79.9. The average Bonchev–Trinajstić information content (AvgIpc) is 2.36. The van der Waals surface area contributed by atoms with Crippen molar-refractivity contribution in [3.05, 3.63) is 32.7 Å². The van der Waals surface area contributed by atoms with Crippen molar-refractivity contribution in [1.82, 2.24) is 5.32 Å². The lowest BCUT2D eigenvalue weighted by molar-refractivity contribution is -0.131. The van der Waals surface area contributed by atoms with Gasteiger partial charge in [-0.1, -0.05) is 15.9 Å². The molecular formula is C13H17Br2NO3. The Morgan fingerprint density at radius 1 is 1.26 bits per heavy atom. The molecule has 1 amide bonds. The van der Waals surface area contributed by atoms with Crippen LogP contribution in [0, 0.1) is 0 Å². The molecule has 0 aromatic heterocycles. The van der Waals surface area contributed by atoms with Gasteiger partial charge in [0, 0.05) is 22.2 Å². The molecule has 0 unspecified atom stereocenters. The lowest BCUT2D eigenvalue weighted by atomic mass is 10.2. The third-order valence-electron chi connectivity index (χ3n) is 2.31. The van der Waals surface area contributed by atoms with Crippen molar-refractivity contribution >= 4 is 37.8 Å². The van der Waals surface area contributed by atoms with Crippen molar-refractivity contribution in [1.29, 1.82) is 0 Å². The molecule has 0 saturated heterocycles. The molecule has 1 N–H and O–H groups in total. The van der Waals surface area contributed by atoms with E-state index in [1.54, 1.807) is 6.07 Å². The Bertz CT molecular complexity index is 420. The molecule has 6 heteroatoms. The standard InChI is InChI=1S/C13H17Br2NO3/c1-3-18-12(19-4-2)8-16-13(17)10-6-5-9(14)7-11(10)15/h5-7,12H,3-4,8H2,1-2H3,(H,16,17). The smallest absolute Gasteiger partial charge is 0.252 e. The van der Waals surface area contributed by atoms with Gasteiger partial charge in [0.05, 0.1) is 12.1 Å². The maximum absolute atomic E-state index is 12.0. The van der Waals surface area contributed by atoms with Gasteiger partial charge in [0.15, 0.2) is 6.29 Å². The molecule has 19 heavy (non-hydrogen) atoms. The van der Waals surface area contributed by atoms with E-state index in [9.17, 15) is 4.79 Å². The Morgan fingerprint density at radius 3 is 2.42 bits per heavy atom. The summed E-state index contributed by atoms with van der Waals surface area (Å²) in [5.41, 5.74) is 0.579.